The quantitative estimate of drug-likeness (QED) is 0.781. The van der Waals surface area contributed by atoms with Crippen LogP contribution >= 0.6 is 0 Å². The summed E-state index contributed by atoms with van der Waals surface area (Å²) in [5.41, 5.74) is 5.54. The largest absolute Gasteiger partial charge is 0.381 e. The average molecular weight is 242 g/mol. The van der Waals surface area contributed by atoms with Crippen LogP contribution in [0, 0.1) is 11.8 Å². The van der Waals surface area contributed by atoms with Crippen LogP contribution in [-0.4, -0.2) is 31.2 Å². The van der Waals surface area contributed by atoms with Crippen LogP contribution < -0.4 is 11.1 Å². The minimum absolute atomic E-state index is 0.0580. The highest BCUT2D eigenvalue weighted by Gasteiger charge is 2.25. The first-order chi connectivity index (χ1) is 7.92. The van der Waals surface area contributed by atoms with Crippen LogP contribution in [0.2, 0.25) is 0 Å². The van der Waals surface area contributed by atoms with E-state index in [-0.39, 0.29) is 17.4 Å². The number of amides is 1. The molecule has 0 aromatic carbocycles. The van der Waals surface area contributed by atoms with Gasteiger partial charge < -0.3 is 15.8 Å². The summed E-state index contributed by atoms with van der Waals surface area (Å²) in [4.78, 5) is 12.0. The fourth-order valence-corrected chi connectivity index (χ4v) is 2.17. The van der Waals surface area contributed by atoms with Gasteiger partial charge in [0.25, 0.3) is 0 Å². The lowest BCUT2D eigenvalue weighted by atomic mass is 9.88. The number of ether oxygens (including phenoxy) is 1. The molecule has 3 N–H and O–H groups in total. The van der Waals surface area contributed by atoms with Crippen LogP contribution in [0.1, 0.15) is 40.0 Å². The van der Waals surface area contributed by atoms with Crippen molar-refractivity contribution in [1.82, 2.24) is 5.32 Å². The van der Waals surface area contributed by atoms with E-state index in [4.69, 9.17) is 10.5 Å². The Morgan fingerprint density at radius 1 is 1.41 bits per heavy atom. The van der Waals surface area contributed by atoms with Gasteiger partial charge in [0.05, 0.1) is 5.92 Å². The van der Waals surface area contributed by atoms with Gasteiger partial charge in [-0.05, 0) is 46.0 Å². The van der Waals surface area contributed by atoms with Gasteiger partial charge in [-0.15, -0.1) is 0 Å². The molecule has 100 valence electrons. The van der Waals surface area contributed by atoms with Gasteiger partial charge in [-0.1, -0.05) is 0 Å². The van der Waals surface area contributed by atoms with Crippen molar-refractivity contribution in [2.24, 2.45) is 17.6 Å². The Kier molecular flexibility index (Phi) is 5.40. The highest BCUT2D eigenvalue weighted by Crippen LogP contribution is 2.23. The molecule has 1 rings (SSSR count). The molecule has 0 aromatic rings. The Balaban J connectivity index is 2.43. The molecular formula is C13H26N2O2. The lowest BCUT2D eigenvalue weighted by molar-refractivity contribution is -0.127. The molecule has 1 aliphatic rings. The highest BCUT2D eigenvalue weighted by atomic mass is 16.5. The van der Waals surface area contributed by atoms with E-state index in [9.17, 15) is 4.79 Å². The zero-order valence-electron chi connectivity index (χ0n) is 11.3. The molecule has 1 atom stereocenters. The molecule has 0 saturated carbocycles. The Bertz CT molecular complexity index is 242. The second kappa shape index (κ2) is 6.36. The van der Waals surface area contributed by atoms with E-state index in [2.05, 4.69) is 5.32 Å². The number of nitrogens with two attached hydrogens (primary N) is 1. The van der Waals surface area contributed by atoms with Gasteiger partial charge in [0, 0.05) is 25.3 Å². The molecule has 1 heterocycles. The molecule has 0 spiro atoms. The highest BCUT2D eigenvalue weighted by molar-refractivity contribution is 5.79. The molecular weight excluding hydrogens is 216 g/mol. The fourth-order valence-electron chi connectivity index (χ4n) is 2.17. The first kappa shape index (κ1) is 14.5. The molecule has 1 fully saturated rings. The van der Waals surface area contributed by atoms with Crippen molar-refractivity contribution < 1.29 is 9.53 Å². The number of nitrogens with one attached hydrogen (secondary N) is 1. The molecule has 17 heavy (non-hydrogen) atoms. The van der Waals surface area contributed by atoms with Crippen molar-refractivity contribution in [2.75, 3.05) is 19.8 Å². The maximum Gasteiger partial charge on any atom is 0.224 e. The van der Waals surface area contributed by atoms with E-state index >= 15 is 0 Å². The second-order valence-electron chi connectivity index (χ2n) is 5.96. The molecule has 1 aliphatic heterocycles. The lowest BCUT2D eigenvalue weighted by Crippen LogP contribution is -2.46. The van der Waals surface area contributed by atoms with Crippen molar-refractivity contribution >= 4 is 5.91 Å². The van der Waals surface area contributed by atoms with Crippen LogP contribution in [0.25, 0.3) is 0 Å². The zero-order valence-corrected chi connectivity index (χ0v) is 11.3. The van der Waals surface area contributed by atoms with Crippen LogP contribution in [0.15, 0.2) is 0 Å². The summed E-state index contributed by atoms with van der Waals surface area (Å²) in [5, 5.41) is 3.01. The van der Waals surface area contributed by atoms with E-state index in [1.807, 2.05) is 20.8 Å². The van der Waals surface area contributed by atoms with E-state index in [1.54, 1.807) is 0 Å². The van der Waals surface area contributed by atoms with Crippen molar-refractivity contribution in [1.29, 1.82) is 0 Å². The summed E-state index contributed by atoms with van der Waals surface area (Å²) < 4.78 is 5.32. The number of hydrogen-bond acceptors (Lipinski definition) is 3. The average Bonchev–Trinajstić information content (AvgIpc) is 2.24. The molecule has 1 amide bonds. The molecule has 0 bridgehead atoms. The third-order valence-electron chi connectivity index (χ3n) is 3.11. The summed E-state index contributed by atoms with van der Waals surface area (Å²) in [6.45, 7) is 8.05. The summed E-state index contributed by atoms with van der Waals surface area (Å²) >= 11 is 0. The topological polar surface area (TPSA) is 64.4 Å². The fraction of sp³-hybridized carbons (Fsp3) is 0.923. The van der Waals surface area contributed by atoms with E-state index in [0.29, 0.717) is 12.5 Å². The predicted molar refractivity (Wildman–Crippen MR) is 68.6 cm³/mol. The van der Waals surface area contributed by atoms with Gasteiger partial charge in [-0.3, -0.25) is 4.79 Å². The van der Waals surface area contributed by atoms with Gasteiger partial charge in [0.1, 0.15) is 0 Å². The standard InChI is InChI=1S/C13H26N2O2/c1-13(2,3)15-12(16)11(9-14)8-10-4-6-17-7-5-10/h10-11H,4-9,14H2,1-3H3,(H,15,16). The number of carbonyl (C=O) groups excluding carboxylic acids is 1. The van der Waals surface area contributed by atoms with Crippen LogP contribution in [0.5, 0.6) is 0 Å². The Morgan fingerprint density at radius 2 is 2.00 bits per heavy atom. The molecule has 1 unspecified atom stereocenters. The summed E-state index contributed by atoms with van der Waals surface area (Å²) in [7, 11) is 0. The predicted octanol–water partition coefficient (Wildman–Crippen LogP) is 1.29. The van der Waals surface area contributed by atoms with E-state index in [1.165, 1.54) is 0 Å². The third-order valence-corrected chi connectivity index (χ3v) is 3.11. The number of carbonyl (C=O) groups is 1. The van der Waals surface area contributed by atoms with Crippen LogP contribution in [-0.2, 0) is 9.53 Å². The van der Waals surface area contributed by atoms with Gasteiger partial charge in [-0.25, -0.2) is 0 Å². The maximum absolute atomic E-state index is 12.0. The molecule has 0 radical (unpaired) electrons. The maximum atomic E-state index is 12.0. The smallest absolute Gasteiger partial charge is 0.224 e. The van der Waals surface area contributed by atoms with E-state index < -0.39 is 0 Å². The Labute approximate surface area is 104 Å². The van der Waals surface area contributed by atoms with Gasteiger partial charge in [0.15, 0.2) is 0 Å². The molecule has 4 heteroatoms. The summed E-state index contributed by atoms with van der Waals surface area (Å²) in [6.07, 6.45) is 3.00. The normalized spacial score (nSPS) is 20.0. The first-order valence-corrected chi connectivity index (χ1v) is 6.52. The number of rotatable bonds is 4. The third kappa shape index (κ3) is 5.50. The summed E-state index contributed by atoms with van der Waals surface area (Å²) in [5.74, 6) is 0.617. The summed E-state index contributed by atoms with van der Waals surface area (Å²) in [6, 6.07) is 0. The Hall–Kier alpha value is -0.610. The van der Waals surface area contributed by atoms with E-state index in [0.717, 1.165) is 32.5 Å². The Morgan fingerprint density at radius 3 is 2.47 bits per heavy atom. The molecule has 1 saturated heterocycles. The minimum Gasteiger partial charge on any atom is -0.381 e. The van der Waals surface area contributed by atoms with Crippen molar-refractivity contribution in [3.63, 3.8) is 0 Å². The van der Waals surface area contributed by atoms with Crippen molar-refractivity contribution in [2.45, 2.75) is 45.6 Å². The molecule has 4 nitrogen and oxygen atoms in total. The van der Waals surface area contributed by atoms with Gasteiger partial charge in [0.2, 0.25) is 5.91 Å². The first-order valence-electron chi connectivity index (χ1n) is 6.52. The van der Waals surface area contributed by atoms with Crippen LogP contribution in [0.4, 0.5) is 0 Å². The second-order valence-corrected chi connectivity index (χ2v) is 5.96. The SMILES string of the molecule is CC(C)(C)NC(=O)C(CN)CC1CCOCC1. The molecule has 0 aliphatic carbocycles. The zero-order chi connectivity index (χ0) is 12.9. The van der Waals surface area contributed by atoms with Crippen molar-refractivity contribution in [3.8, 4) is 0 Å². The monoisotopic (exact) mass is 242 g/mol. The minimum atomic E-state index is -0.180. The van der Waals surface area contributed by atoms with Gasteiger partial charge >= 0.3 is 0 Å². The van der Waals surface area contributed by atoms with Crippen molar-refractivity contribution in [3.05, 3.63) is 0 Å². The molecule has 0 aromatic heterocycles. The lowest BCUT2D eigenvalue weighted by Gasteiger charge is -2.28. The van der Waals surface area contributed by atoms with Gasteiger partial charge in [-0.2, -0.15) is 0 Å². The number of hydrogen-bond donors (Lipinski definition) is 2. The van der Waals surface area contributed by atoms with Crippen LogP contribution in [0.3, 0.4) is 0 Å².